The fourth-order valence-electron chi connectivity index (χ4n) is 4.99. The summed E-state index contributed by atoms with van der Waals surface area (Å²) < 4.78 is 29.0. The van der Waals surface area contributed by atoms with Crippen LogP contribution in [0.1, 0.15) is 37.0 Å². The molecule has 0 radical (unpaired) electrons. The third-order valence-electron chi connectivity index (χ3n) is 7.67. The molecule has 0 aliphatic rings. The summed E-state index contributed by atoms with van der Waals surface area (Å²) in [5.41, 5.74) is 2.42. The molecule has 11 heteroatoms. The first-order chi connectivity index (χ1) is 22.0. The molecule has 10 nitrogen and oxygen atoms in total. The molecular weight excluding hydrogens is 604 g/mol. The standard InChI is InChI=1S/C35H38N4O6S/c1-4-27(3)36-35(41)33(23-28-13-7-5-8-14-28)37(24-29-15-11-12-26(2)22-29)34(40)25-38(30-18-20-31(21-19-30)39(42)43)46(44,45)32-16-9-6-10-17-32/h5-22,27,33H,4,23-25H2,1-3H3,(H,36,41)/t27-,33+/m1/s1. The van der Waals surface area contributed by atoms with Gasteiger partial charge in [0.1, 0.15) is 12.6 Å². The molecule has 4 rings (SSSR count). The maximum Gasteiger partial charge on any atom is 0.269 e. The number of sulfonamides is 1. The van der Waals surface area contributed by atoms with Crippen molar-refractivity contribution >= 4 is 33.2 Å². The van der Waals surface area contributed by atoms with Gasteiger partial charge in [-0.3, -0.25) is 24.0 Å². The van der Waals surface area contributed by atoms with Gasteiger partial charge in [-0.05, 0) is 55.7 Å². The summed E-state index contributed by atoms with van der Waals surface area (Å²) in [6.45, 7) is 5.15. The van der Waals surface area contributed by atoms with E-state index in [0.29, 0.717) is 6.42 Å². The van der Waals surface area contributed by atoms with Crippen molar-refractivity contribution in [2.24, 2.45) is 0 Å². The molecule has 0 saturated heterocycles. The molecule has 0 heterocycles. The second-order valence-electron chi connectivity index (χ2n) is 11.1. The van der Waals surface area contributed by atoms with E-state index < -0.39 is 33.4 Å². The molecule has 46 heavy (non-hydrogen) atoms. The number of hydrogen-bond donors (Lipinski definition) is 1. The Kier molecular flexibility index (Phi) is 11.3. The van der Waals surface area contributed by atoms with Crippen LogP contribution in [0.2, 0.25) is 0 Å². The third kappa shape index (κ3) is 8.57. The van der Waals surface area contributed by atoms with Crippen LogP contribution in [0.3, 0.4) is 0 Å². The zero-order chi connectivity index (χ0) is 33.3. The first-order valence-corrected chi connectivity index (χ1v) is 16.4. The van der Waals surface area contributed by atoms with Gasteiger partial charge in [-0.25, -0.2) is 8.42 Å². The highest BCUT2D eigenvalue weighted by atomic mass is 32.2. The summed E-state index contributed by atoms with van der Waals surface area (Å²) >= 11 is 0. The van der Waals surface area contributed by atoms with Gasteiger partial charge in [-0.15, -0.1) is 0 Å². The van der Waals surface area contributed by atoms with Crippen LogP contribution in [-0.2, 0) is 32.6 Å². The van der Waals surface area contributed by atoms with Crippen LogP contribution < -0.4 is 9.62 Å². The van der Waals surface area contributed by atoms with E-state index in [1.165, 1.54) is 41.3 Å². The Morgan fingerprint density at radius 3 is 2.07 bits per heavy atom. The molecule has 0 aromatic heterocycles. The number of carbonyl (C=O) groups excluding carboxylic acids is 2. The number of nitrogens with one attached hydrogen (secondary N) is 1. The first-order valence-electron chi connectivity index (χ1n) is 15.0. The number of nitrogens with zero attached hydrogens (tertiary/aromatic N) is 3. The van der Waals surface area contributed by atoms with Crippen molar-refractivity contribution < 1.29 is 22.9 Å². The number of nitro groups is 1. The highest BCUT2D eigenvalue weighted by Crippen LogP contribution is 2.27. The third-order valence-corrected chi connectivity index (χ3v) is 9.45. The van der Waals surface area contributed by atoms with Crippen molar-refractivity contribution in [1.29, 1.82) is 0 Å². The molecule has 0 spiro atoms. The Labute approximate surface area is 269 Å². The minimum atomic E-state index is -4.31. The Bertz CT molecular complexity index is 1750. The van der Waals surface area contributed by atoms with Crippen LogP contribution in [0.5, 0.6) is 0 Å². The van der Waals surface area contributed by atoms with Gasteiger partial charge in [-0.1, -0.05) is 85.3 Å². The minimum Gasteiger partial charge on any atom is -0.352 e. The van der Waals surface area contributed by atoms with Gasteiger partial charge in [0.2, 0.25) is 11.8 Å². The van der Waals surface area contributed by atoms with Gasteiger partial charge >= 0.3 is 0 Å². The molecule has 0 unspecified atom stereocenters. The van der Waals surface area contributed by atoms with E-state index >= 15 is 0 Å². The monoisotopic (exact) mass is 642 g/mol. The Morgan fingerprint density at radius 1 is 0.870 bits per heavy atom. The second-order valence-corrected chi connectivity index (χ2v) is 13.0. The van der Waals surface area contributed by atoms with E-state index in [9.17, 15) is 28.1 Å². The fourth-order valence-corrected chi connectivity index (χ4v) is 6.43. The zero-order valence-electron chi connectivity index (χ0n) is 26.1. The Hall–Kier alpha value is -5.03. The molecule has 0 aliphatic heterocycles. The lowest BCUT2D eigenvalue weighted by Crippen LogP contribution is -2.54. The Morgan fingerprint density at radius 2 is 1.48 bits per heavy atom. The molecule has 0 aliphatic carbocycles. The largest absolute Gasteiger partial charge is 0.352 e. The fraction of sp³-hybridized carbons (Fsp3) is 0.257. The van der Waals surface area contributed by atoms with Crippen molar-refractivity contribution in [3.05, 3.63) is 136 Å². The van der Waals surface area contributed by atoms with Crippen LogP contribution in [0.15, 0.2) is 114 Å². The lowest BCUT2D eigenvalue weighted by atomic mass is 10.0. The van der Waals surface area contributed by atoms with Gasteiger partial charge in [-0.2, -0.15) is 0 Å². The highest BCUT2D eigenvalue weighted by molar-refractivity contribution is 7.92. The highest BCUT2D eigenvalue weighted by Gasteiger charge is 2.35. The van der Waals surface area contributed by atoms with Gasteiger partial charge in [0.15, 0.2) is 0 Å². The normalized spacial score (nSPS) is 12.5. The molecule has 2 atom stereocenters. The SMILES string of the molecule is CC[C@@H](C)NC(=O)[C@H](Cc1ccccc1)N(Cc1cccc(C)c1)C(=O)CN(c1ccc([N+](=O)[O-])cc1)S(=O)(=O)c1ccccc1. The first kappa shape index (κ1) is 33.9. The molecular formula is C35H38N4O6S. The molecule has 0 saturated carbocycles. The molecule has 4 aromatic carbocycles. The van der Waals surface area contributed by atoms with Crippen molar-refractivity contribution in [2.75, 3.05) is 10.8 Å². The average Bonchev–Trinajstić information content (AvgIpc) is 3.05. The van der Waals surface area contributed by atoms with Crippen molar-refractivity contribution in [2.45, 2.75) is 57.1 Å². The van der Waals surface area contributed by atoms with Gasteiger partial charge in [0, 0.05) is 31.1 Å². The topological polar surface area (TPSA) is 130 Å². The van der Waals surface area contributed by atoms with E-state index in [4.69, 9.17) is 0 Å². The predicted molar refractivity (Wildman–Crippen MR) is 178 cm³/mol. The number of non-ortho nitro benzene ring substituents is 1. The lowest BCUT2D eigenvalue weighted by molar-refractivity contribution is -0.384. The van der Waals surface area contributed by atoms with Crippen molar-refractivity contribution in [1.82, 2.24) is 10.2 Å². The number of aryl methyl sites for hydroxylation is 1. The maximum absolute atomic E-state index is 14.5. The quantitative estimate of drug-likeness (QED) is 0.140. The summed E-state index contributed by atoms with van der Waals surface area (Å²) in [6, 6.07) is 28.4. The molecule has 0 fully saturated rings. The van der Waals surface area contributed by atoms with E-state index in [2.05, 4.69) is 5.32 Å². The number of benzene rings is 4. The molecule has 240 valence electrons. The van der Waals surface area contributed by atoms with Gasteiger partial charge < -0.3 is 10.2 Å². The molecule has 2 amide bonds. The summed E-state index contributed by atoms with van der Waals surface area (Å²) in [7, 11) is -4.31. The number of rotatable bonds is 14. The van der Waals surface area contributed by atoms with Crippen LogP contribution in [-0.4, -0.2) is 48.7 Å². The number of anilines is 1. The van der Waals surface area contributed by atoms with E-state index in [-0.39, 0.29) is 41.2 Å². The smallest absolute Gasteiger partial charge is 0.269 e. The average molecular weight is 643 g/mol. The lowest BCUT2D eigenvalue weighted by Gasteiger charge is -2.34. The summed E-state index contributed by atoms with van der Waals surface area (Å²) in [6.07, 6.45) is 0.877. The summed E-state index contributed by atoms with van der Waals surface area (Å²) in [5.74, 6) is -0.966. The van der Waals surface area contributed by atoms with Crippen molar-refractivity contribution in [3.8, 4) is 0 Å². The van der Waals surface area contributed by atoms with Crippen LogP contribution >= 0.6 is 0 Å². The van der Waals surface area contributed by atoms with E-state index in [0.717, 1.165) is 21.0 Å². The van der Waals surface area contributed by atoms with Crippen molar-refractivity contribution in [3.63, 3.8) is 0 Å². The summed E-state index contributed by atoms with van der Waals surface area (Å²) in [5, 5.41) is 14.3. The second kappa shape index (κ2) is 15.3. The molecule has 0 bridgehead atoms. The summed E-state index contributed by atoms with van der Waals surface area (Å²) in [4.78, 5) is 40.5. The predicted octanol–water partition coefficient (Wildman–Crippen LogP) is 5.65. The maximum atomic E-state index is 14.5. The number of carbonyl (C=O) groups is 2. The van der Waals surface area contributed by atoms with Gasteiger partial charge in [0.05, 0.1) is 15.5 Å². The van der Waals surface area contributed by atoms with Crippen LogP contribution in [0.4, 0.5) is 11.4 Å². The number of hydrogen-bond acceptors (Lipinski definition) is 6. The molecule has 1 N–H and O–H groups in total. The molecule has 4 aromatic rings. The van der Waals surface area contributed by atoms with E-state index in [1.54, 1.807) is 18.2 Å². The number of amides is 2. The van der Waals surface area contributed by atoms with E-state index in [1.807, 2.05) is 75.4 Å². The minimum absolute atomic E-state index is 0.0470. The number of nitro benzene ring substituents is 1. The zero-order valence-corrected chi connectivity index (χ0v) is 26.9. The Balaban J connectivity index is 1.81. The van der Waals surface area contributed by atoms with Crippen LogP contribution in [0.25, 0.3) is 0 Å². The van der Waals surface area contributed by atoms with Gasteiger partial charge in [0.25, 0.3) is 15.7 Å². The van der Waals surface area contributed by atoms with Crippen LogP contribution in [0, 0.1) is 17.0 Å².